The minimum absolute atomic E-state index is 0.443. The quantitative estimate of drug-likeness (QED) is 0.823. The number of rotatable bonds is 5. The largest absolute Gasteiger partial charge is 0.361 e. The third kappa shape index (κ3) is 3.00. The number of nitrogens with zero attached hydrogens (tertiary/aromatic N) is 5. The van der Waals surface area contributed by atoms with Crippen molar-refractivity contribution in [1.29, 1.82) is 0 Å². The van der Waals surface area contributed by atoms with Gasteiger partial charge < -0.3 is 9.42 Å². The van der Waals surface area contributed by atoms with Crippen molar-refractivity contribution in [2.75, 3.05) is 31.1 Å². The summed E-state index contributed by atoms with van der Waals surface area (Å²) < 4.78 is 5.50. The monoisotopic (exact) mass is 353 g/mol. The molecule has 2 aliphatic heterocycles. The van der Waals surface area contributed by atoms with E-state index in [0.29, 0.717) is 11.8 Å². The second-order valence-corrected chi connectivity index (χ2v) is 8.56. The van der Waals surface area contributed by atoms with E-state index >= 15 is 0 Å². The lowest BCUT2D eigenvalue weighted by Crippen LogP contribution is -2.29. The van der Waals surface area contributed by atoms with Gasteiger partial charge in [0, 0.05) is 56.0 Å². The summed E-state index contributed by atoms with van der Waals surface area (Å²) in [5.74, 6) is 4.79. The van der Waals surface area contributed by atoms with E-state index in [0.717, 1.165) is 48.7 Å². The Hall–Kier alpha value is -1.95. The van der Waals surface area contributed by atoms with Crippen LogP contribution in [-0.2, 0) is 6.54 Å². The van der Waals surface area contributed by atoms with Crippen LogP contribution in [0.25, 0.3) is 0 Å². The van der Waals surface area contributed by atoms with Crippen LogP contribution in [0.4, 0.5) is 5.82 Å². The van der Waals surface area contributed by atoms with Crippen LogP contribution in [0, 0.1) is 11.8 Å². The maximum absolute atomic E-state index is 5.50. The molecule has 2 unspecified atom stereocenters. The molecule has 0 N–H and O–H groups in total. The van der Waals surface area contributed by atoms with Gasteiger partial charge in [0.1, 0.15) is 17.9 Å². The summed E-state index contributed by atoms with van der Waals surface area (Å²) >= 11 is 0. The number of anilines is 1. The summed E-state index contributed by atoms with van der Waals surface area (Å²) in [5.41, 5.74) is 2.44. The zero-order valence-electron chi connectivity index (χ0n) is 15.6. The van der Waals surface area contributed by atoms with Crippen LogP contribution in [0.15, 0.2) is 23.1 Å². The molecular weight excluding hydrogens is 326 g/mol. The number of likely N-dealkylation sites (tertiary alicyclic amines) is 1. The summed E-state index contributed by atoms with van der Waals surface area (Å²) in [6.45, 7) is 9.90. The van der Waals surface area contributed by atoms with E-state index in [2.05, 4.69) is 44.8 Å². The molecule has 1 aliphatic carbocycles. The Labute approximate surface area is 154 Å². The normalized spacial score (nSPS) is 26.0. The highest BCUT2D eigenvalue weighted by Gasteiger charge is 2.41. The average Bonchev–Trinajstić information content (AvgIpc) is 3.06. The van der Waals surface area contributed by atoms with Crippen molar-refractivity contribution in [3.63, 3.8) is 0 Å². The molecule has 0 bridgehead atoms. The van der Waals surface area contributed by atoms with E-state index in [1.54, 1.807) is 6.33 Å². The van der Waals surface area contributed by atoms with E-state index in [1.165, 1.54) is 31.5 Å². The molecule has 0 radical (unpaired) electrons. The maximum atomic E-state index is 5.50. The van der Waals surface area contributed by atoms with Gasteiger partial charge in [-0.25, -0.2) is 9.97 Å². The number of hydrogen-bond acceptors (Lipinski definition) is 6. The Balaban J connectivity index is 1.22. The fraction of sp³-hybridized carbons (Fsp3) is 0.650. The number of fused-ring (bicyclic) bond motifs is 1. The molecular formula is C20H27N5O. The molecule has 4 heterocycles. The topological polar surface area (TPSA) is 58.3 Å². The highest BCUT2D eigenvalue weighted by molar-refractivity contribution is 5.41. The first kappa shape index (κ1) is 16.2. The molecule has 2 saturated heterocycles. The first-order valence-corrected chi connectivity index (χ1v) is 9.90. The minimum atomic E-state index is 0.443. The second-order valence-electron chi connectivity index (χ2n) is 8.56. The van der Waals surface area contributed by atoms with Gasteiger partial charge in [0.2, 0.25) is 0 Å². The molecule has 5 rings (SSSR count). The van der Waals surface area contributed by atoms with Gasteiger partial charge >= 0.3 is 0 Å². The summed E-state index contributed by atoms with van der Waals surface area (Å²) in [7, 11) is 0. The fourth-order valence-electron chi connectivity index (χ4n) is 4.57. The Morgan fingerprint density at radius 3 is 2.58 bits per heavy atom. The molecule has 0 spiro atoms. The van der Waals surface area contributed by atoms with E-state index in [9.17, 15) is 0 Å². The zero-order valence-corrected chi connectivity index (χ0v) is 15.6. The van der Waals surface area contributed by atoms with Crippen LogP contribution in [-0.4, -0.2) is 46.2 Å². The van der Waals surface area contributed by atoms with Crippen LogP contribution < -0.4 is 4.90 Å². The molecule has 3 aliphatic rings. The van der Waals surface area contributed by atoms with Crippen molar-refractivity contribution in [1.82, 2.24) is 20.0 Å². The maximum Gasteiger partial charge on any atom is 0.144 e. The van der Waals surface area contributed by atoms with E-state index in [1.807, 2.05) is 6.20 Å². The molecule has 2 aromatic heterocycles. The molecule has 0 aromatic carbocycles. The Morgan fingerprint density at radius 2 is 1.88 bits per heavy atom. The molecule has 1 saturated carbocycles. The van der Waals surface area contributed by atoms with Crippen molar-refractivity contribution >= 4 is 5.82 Å². The average molecular weight is 353 g/mol. The lowest BCUT2D eigenvalue weighted by molar-refractivity contribution is 0.304. The predicted molar refractivity (Wildman–Crippen MR) is 99.1 cm³/mol. The van der Waals surface area contributed by atoms with Gasteiger partial charge in [-0.3, -0.25) is 4.90 Å². The first-order chi connectivity index (χ1) is 12.7. The van der Waals surface area contributed by atoms with Gasteiger partial charge in [-0.15, -0.1) is 0 Å². The van der Waals surface area contributed by atoms with Gasteiger partial charge in [-0.05, 0) is 30.6 Å². The van der Waals surface area contributed by atoms with Crippen LogP contribution in [0.5, 0.6) is 0 Å². The van der Waals surface area contributed by atoms with Crippen LogP contribution in [0.2, 0.25) is 0 Å². The van der Waals surface area contributed by atoms with Gasteiger partial charge in [0.25, 0.3) is 0 Å². The first-order valence-electron chi connectivity index (χ1n) is 9.90. The Morgan fingerprint density at radius 1 is 1.12 bits per heavy atom. The number of aromatic nitrogens is 3. The van der Waals surface area contributed by atoms with Crippen LogP contribution >= 0.6 is 0 Å². The third-order valence-corrected chi connectivity index (χ3v) is 6.17. The van der Waals surface area contributed by atoms with E-state index < -0.39 is 0 Å². The van der Waals surface area contributed by atoms with Gasteiger partial charge in [0.15, 0.2) is 0 Å². The SMILES string of the molecule is CC(C)c1cc(N2CC3CN(Cc4cnoc4C4CC4)CC3C2)ncn1. The lowest BCUT2D eigenvalue weighted by atomic mass is 10.0. The molecule has 0 amide bonds. The van der Waals surface area contributed by atoms with Crippen LogP contribution in [0.3, 0.4) is 0 Å². The van der Waals surface area contributed by atoms with Gasteiger partial charge in [0.05, 0.1) is 6.20 Å². The van der Waals surface area contributed by atoms with Crippen molar-refractivity contribution in [2.24, 2.45) is 11.8 Å². The smallest absolute Gasteiger partial charge is 0.144 e. The highest BCUT2D eigenvalue weighted by Crippen LogP contribution is 2.42. The summed E-state index contributed by atoms with van der Waals surface area (Å²) in [5, 5.41) is 4.05. The molecule has 6 heteroatoms. The van der Waals surface area contributed by atoms with Crippen molar-refractivity contribution in [3.05, 3.63) is 35.6 Å². The van der Waals surface area contributed by atoms with Crippen LogP contribution in [0.1, 0.15) is 55.5 Å². The third-order valence-electron chi connectivity index (χ3n) is 6.17. The highest BCUT2D eigenvalue weighted by atomic mass is 16.5. The van der Waals surface area contributed by atoms with Gasteiger partial charge in [-0.1, -0.05) is 19.0 Å². The minimum Gasteiger partial charge on any atom is -0.361 e. The summed E-state index contributed by atoms with van der Waals surface area (Å²) in [6, 6.07) is 2.17. The fourth-order valence-corrected chi connectivity index (χ4v) is 4.57. The number of hydrogen-bond donors (Lipinski definition) is 0. The molecule has 138 valence electrons. The summed E-state index contributed by atoms with van der Waals surface area (Å²) in [6.07, 6.45) is 6.18. The lowest BCUT2D eigenvalue weighted by Gasteiger charge is -2.22. The predicted octanol–water partition coefficient (Wildman–Crippen LogP) is 3.03. The van der Waals surface area contributed by atoms with Crippen molar-refractivity contribution in [3.8, 4) is 0 Å². The van der Waals surface area contributed by atoms with E-state index in [4.69, 9.17) is 4.52 Å². The van der Waals surface area contributed by atoms with Crippen molar-refractivity contribution in [2.45, 2.75) is 45.1 Å². The standard InChI is InChI=1S/C20H27N5O/c1-13(2)18-5-19(22-12-21-18)25-10-16-8-24(9-17(16)11-25)7-15-6-23-26-20(15)14-3-4-14/h5-6,12-14,16-17H,3-4,7-11H2,1-2H3. The van der Waals surface area contributed by atoms with Crippen molar-refractivity contribution < 1.29 is 4.52 Å². The Bertz CT molecular complexity index is 770. The second kappa shape index (κ2) is 6.34. The van der Waals surface area contributed by atoms with E-state index in [-0.39, 0.29) is 0 Å². The molecule has 3 fully saturated rings. The molecule has 26 heavy (non-hydrogen) atoms. The van der Waals surface area contributed by atoms with Gasteiger partial charge in [-0.2, -0.15) is 0 Å². The Kier molecular flexibility index (Phi) is 3.96. The zero-order chi connectivity index (χ0) is 17.7. The molecule has 6 nitrogen and oxygen atoms in total. The molecule has 2 aromatic rings. The summed E-state index contributed by atoms with van der Waals surface area (Å²) in [4.78, 5) is 14.0. The molecule has 2 atom stereocenters.